The van der Waals surface area contributed by atoms with Crippen LogP contribution in [0, 0.1) is 0 Å². The van der Waals surface area contributed by atoms with Crippen LogP contribution in [-0.4, -0.2) is 79.0 Å². The molecule has 17 heteroatoms. The summed E-state index contributed by atoms with van der Waals surface area (Å²) in [5, 5.41) is 3.85. The monoisotopic (exact) mass is 515 g/mol. The molecule has 186 valence electrons. The zero-order valence-corrected chi connectivity index (χ0v) is 16.7. The molecule has 1 aliphatic heterocycles. The SMILES string of the molecule is O=C([O-])c1ccc(C(=O)N2CCN(S(=O)(=O)C(F)(F)C(F)(F)C(F)(F)C(F)(F)F)CC2)cc1. The zero-order valence-electron chi connectivity index (χ0n) is 15.9. The van der Waals surface area contributed by atoms with Crippen LogP contribution in [0.2, 0.25) is 0 Å². The molecule has 7 nitrogen and oxygen atoms in total. The maximum absolute atomic E-state index is 13.9. The van der Waals surface area contributed by atoms with Crippen LogP contribution in [0.3, 0.4) is 0 Å². The number of carboxylic acids is 1. The van der Waals surface area contributed by atoms with Crippen molar-refractivity contribution >= 4 is 21.9 Å². The normalized spacial score (nSPS) is 17.2. The predicted octanol–water partition coefficient (Wildman–Crippen LogP) is 1.56. The molecule has 1 heterocycles. The summed E-state index contributed by atoms with van der Waals surface area (Å²) in [6, 6.07) is 4.08. The number of nitrogens with zero attached hydrogens (tertiary/aromatic N) is 2. The number of halogens is 9. The van der Waals surface area contributed by atoms with Gasteiger partial charge in [0.05, 0.1) is 5.97 Å². The van der Waals surface area contributed by atoms with Crippen molar-refractivity contribution in [3.63, 3.8) is 0 Å². The van der Waals surface area contributed by atoms with Crippen molar-refractivity contribution in [3.8, 4) is 0 Å². The number of carbonyl (C=O) groups excluding carboxylic acids is 2. The first-order chi connectivity index (χ1) is 14.8. The summed E-state index contributed by atoms with van der Waals surface area (Å²) in [4.78, 5) is 23.9. The Balaban J connectivity index is 2.20. The number of sulfonamides is 1. The maximum atomic E-state index is 13.9. The smallest absolute Gasteiger partial charge is 0.460 e. The topological polar surface area (TPSA) is 97.8 Å². The lowest BCUT2D eigenvalue weighted by Crippen LogP contribution is -2.66. The highest BCUT2D eigenvalue weighted by molar-refractivity contribution is 7.90. The fourth-order valence-corrected chi connectivity index (χ4v) is 4.17. The van der Waals surface area contributed by atoms with Gasteiger partial charge in [-0.05, 0) is 17.7 Å². The minimum absolute atomic E-state index is 0.127. The van der Waals surface area contributed by atoms with Crippen LogP contribution < -0.4 is 5.11 Å². The van der Waals surface area contributed by atoms with E-state index in [1.54, 1.807) is 0 Å². The van der Waals surface area contributed by atoms with E-state index in [9.17, 15) is 62.6 Å². The highest BCUT2D eigenvalue weighted by atomic mass is 32.2. The Hall–Kier alpha value is -2.56. The number of carboxylic acid groups (broad SMARTS) is 1. The average molecular weight is 515 g/mol. The molecular formula is C16H12F9N2O5S-. The lowest BCUT2D eigenvalue weighted by atomic mass is 10.1. The van der Waals surface area contributed by atoms with E-state index >= 15 is 0 Å². The van der Waals surface area contributed by atoms with Gasteiger partial charge in [-0.1, -0.05) is 12.1 Å². The fraction of sp³-hybridized carbons (Fsp3) is 0.500. The lowest BCUT2D eigenvalue weighted by Gasteiger charge is -2.38. The maximum Gasteiger partial charge on any atom is 0.460 e. The van der Waals surface area contributed by atoms with Crippen LogP contribution in [0.1, 0.15) is 20.7 Å². The number of hydrogen-bond acceptors (Lipinski definition) is 5. The number of piperazine rings is 1. The largest absolute Gasteiger partial charge is 0.545 e. The van der Waals surface area contributed by atoms with Gasteiger partial charge in [0.15, 0.2) is 0 Å². The van der Waals surface area contributed by atoms with Crippen molar-refractivity contribution < 1.29 is 62.6 Å². The Morgan fingerprint density at radius 1 is 0.758 bits per heavy atom. The molecule has 0 aromatic heterocycles. The molecular weight excluding hydrogens is 503 g/mol. The molecule has 0 saturated carbocycles. The van der Waals surface area contributed by atoms with Crippen LogP contribution in [0.4, 0.5) is 39.5 Å². The van der Waals surface area contributed by atoms with Gasteiger partial charge in [-0.2, -0.15) is 43.8 Å². The predicted molar refractivity (Wildman–Crippen MR) is 88.1 cm³/mol. The Bertz CT molecular complexity index is 1020. The molecule has 0 spiro atoms. The van der Waals surface area contributed by atoms with Crippen molar-refractivity contribution in [2.24, 2.45) is 0 Å². The molecule has 0 unspecified atom stereocenters. The van der Waals surface area contributed by atoms with Gasteiger partial charge in [0.25, 0.3) is 15.9 Å². The summed E-state index contributed by atoms with van der Waals surface area (Å²) in [6.07, 6.45) is -7.17. The van der Waals surface area contributed by atoms with E-state index in [1.807, 2.05) is 0 Å². The van der Waals surface area contributed by atoms with Crippen molar-refractivity contribution in [2.45, 2.75) is 23.3 Å². The highest BCUT2D eigenvalue weighted by Gasteiger charge is 2.85. The first-order valence-electron chi connectivity index (χ1n) is 8.59. The van der Waals surface area contributed by atoms with Gasteiger partial charge in [-0.25, -0.2) is 8.42 Å². The fourth-order valence-electron chi connectivity index (χ4n) is 2.75. The number of aromatic carboxylic acids is 1. The number of hydrogen-bond donors (Lipinski definition) is 0. The van der Waals surface area contributed by atoms with Crippen LogP contribution >= 0.6 is 0 Å². The standard InChI is InChI=1S/C16H13F9N2O5S/c17-13(18,15(21,22)23)14(19,20)16(24,25)33(31,32)27-7-5-26(6-8-27)11(28)9-1-3-10(4-2-9)12(29)30/h1-4H,5-8H2,(H,29,30)/p-1. The van der Waals surface area contributed by atoms with E-state index in [1.165, 1.54) is 0 Å². The molecule has 0 atom stereocenters. The first kappa shape index (κ1) is 26.7. The van der Waals surface area contributed by atoms with E-state index < -0.39 is 75.7 Å². The number of rotatable bonds is 6. The number of carbonyl (C=O) groups is 2. The number of amides is 1. The van der Waals surface area contributed by atoms with Crippen molar-refractivity contribution in [1.82, 2.24) is 9.21 Å². The summed E-state index contributed by atoms with van der Waals surface area (Å²) in [5.74, 6) is -17.1. The second-order valence-electron chi connectivity index (χ2n) is 6.72. The van der Waals surface area contributed by atoms with Gasteiger partial charge in [0.1, 0.15) is 0 Å². The summed E-state index contributed by atoms with van der Waals surface area (Å²) < 4.78 is 141. The van der Waals surface area contributed by atoms with Crippen LogP contribution in [0.25, 0.3) is 0 Å². The quantitative estimate of drug-likeness (QED) is 0.536. The van der Waals surface area contributed by atoms with Gasteiger partial charge in [-0.3, -0.25) is 4.79 Å². The first-order valence-corrected chi connectivity index (χ1v) is 10.0. The van der Waals surface area contributed by atoms with E-state index in [4.69, 9.17) is 0 Å². The molecule has 2 rings (SSSR count). The van der Waals surface area contributed by atoms with E-state index in [0.717, 1.165) is 29.2 Å². The van der Waals surface area contributed by atoms with Crippen LogP contribution in [0.5, 0.6) is 0 Å². The number of alkyl halides is 9. The summed E-state index contributed by atoms with van der Waals surface area (Å²) in [7, 11) is -6.73. The van der Waals surface area contributed by atoms with Crippen molar-refractivity contribution in [3.05, 3.63) is 35.4 Å². The Kier molecular flexibility index (Phi) is 6.74. The minimum Gasteiger partial charge on any atom is -0.545 e. The molecule has 0 radical (unpaired) electrons. The number of benzene rings is 1. The second kappa shape index (κ2) is 8.34. The molecule has 1 amide bonds. The van der Waals surface area contributed by atoms with Gasteiger partial charge in [-0.15, -0.1) is 0 Å². The second-order valence-corrected chi connectivity index (χ2v) is 8.70. The van der Waals surface area contributed by atoms with Crippen molar-refractivity contribution in [2.75, 3.05) is 26.2 Å². The summed E-state index contributed by atoms with van der Waals surface area (Å²) >= 11 is 0. The molecule has 0 aliphatic carbocycles. The van der Waals surface area contributed by atoms with Crippen molar-refractivity contribution in [1.29, 1.82) is 0 Å². The van der Waals surface area contributed by atoms with Gasteiger partial charge in [0, 0.05) is 31.7 Å². The van der Waals surface area contributed by atoms with Gasteiger partial charge < -0.3 is 14.8 Å². The van der Waals surface area contributed by atoms with E-state index in [-0.39, 0.29) is 11.1 Å². The van der Waals surface area contributed by atoms with E-state index in [0.29, 0.717) is 0 Å². The highest BCUT2D eigenvalue weighted by Crippen LogP contribution is 2.55. The zero-order chi connectivity index (χ0) is 25.6. The Labute approximate surface area is 179 Å². The van der Waals surface area contributed by atoms with E-state index in [2.05, 4.69) is 0 Å². The molecule has 33 heavy (non-hydrogen) atoms. The lowest BCUT2D eigenvalue weighted by molar-refractivity contribution is -0.382. The van der Waals surface area contributed by atoms with Crippen LogP contribution in [-0.2, 0) is 10.0 Å². The molecule has 1 fully saturated rings. The molecule has 0 N–H and O–H groups in total. The summed E-state index contributed by atoms with van der Waals surface area (Å²) in [5.41, 5.74) is -0.417. The minimum atomic E-state index is -7.37. The average Bonchev–Trinajstić information content (AvgIpc) is 2.72. The van der Waals surface area contributed by atoms with Crippen LogP contribution in [0.15, 0.2) is 24.3 Å². The molecule has 1 aliphatic rings. The third-order valence-corrected chi connectivity index (χ3v) is 6.62. The molecule has 0 bridgehead atoms. The van der Waals surface area contributed by atoms with Gasteiger partial charge in [0.2, 0.25) is 0 Å². The summed E-state index contributed by atoms with van der Waals surface area (Å²) in [6.45, 7) is -3.65. The van der Waals surface area contributed by atoms with Gasteiger partial charge >= 0.3 is 23.3 Å². The Morgan fingerprint density at radius 2 is 1.18 bits per heavy atom. The molecule has 1 saturated heterocycles. The third-order valence-electron chi connectivity index (χ3n) is 4.67. The Morgan fingerprint density at radius 3 is 1.58 bits per heavy atom. The third kappa shape index (κ3) is 4.34. The molecule has 1 aromatic rings. The molecule has 1 aromatic carbocycles.